The number of likely N-dealkylation sites (tertiary alicyclic amines) is 1. The van der Waals surface area contributed by atoms with Gasteiger partial charge in [-0.05, 0) is 38.1 Å². The highest BCUT2D eigenvalue weighted by molar-refractivity contribution is 7.24. The van der Waals surface area contributed by atoms with Gasteiger partial charge in [-0.25, -0.2) is 4.98 Å². The number of para-hydroxylation sites is 1. The molecule has 1 fully saturated rings. The van der Waals surface area contributed by atoms with Crippen LogP contribution in [-0.2, 0) is 0 Å². The Balaban J connectivity index is 1.62. The van der Waals surface area contributed by atoms with Gasteiger partial charge in [-0.3, -0.25) is 14.0 Å². The van der Waals surface area contributed by atoms with Crippen molar-refractivity contribution >= 4 is 49.3 Å². The molecule has 0 radical (unpaired) electrons. The average molecular weight is 453 g/mol. The summed E-state index contributed by atoms with van der Waals surface area (Å²) in [5, 5.41) is 15.2. The number of fused-ring (bicyclic) bond motifs is 5. The molecule has 0 bridgehead atoms. The number of hydrogen-bond donors (Lipinski definition) is 3. The Morgan fingerprint density at radius 1 is 1.19 bits per heavy atom. The zero-order valence-electron chi connectivity index (χ0n) is 17.5. The van der Waals surface area contributed by atoms with Gasteiger partial charge in [0.15, 0.2) is 5.65 Å². The maximum Gasteiger partial charge on any atom is 0.258 e. The molecule has 0 unspecified atom stereocenters. The number of carbonyl (C=O) groups excluding carboxylic acids is 1. The predicted molar refractivity (Wildman–Crippen MR) is 126 cm³/mol. The Labute approximate surface area is 187 Å². The van der Waals surface area contributed by atoms with Gasteiger partial charge in [-0.2, -0.15) is 4.98 Å². The molecule has 1 aromatic carbocycles. The van der Waals surface area contributed by atoms with Crippen LogP contribution in [0.3, 0.4) is 0 Å². The van der Waals surface area contributed by atoms with Crippen LogP contribution in [0.1, 0.15) is 23.2 Å². The number of hydrogen-bond acceptors (Lipinski definition) is 8. The first-order valence-electron chi connectivity index (χ1n) is 10.8. The maximum absolute atomic E-state index is 13.4. The second-order valence-corrected chi connectivity index (χ2v) is 8.83. The number of aliphatic hydroxyl groups is 1. The summed E-state index contributed by atoms with van der Waals surface area (Å²) in [7, 11) is 0. The van der Waals surface area contributed by atoms with Crippen LogP contribution in [-0.4, -0.2) is 69.6 Å². The smallest absolute Gasteiger partial charge is 0.258 e. The van der Waals surface area contributed by atoms with Crippen molar-refractivity contribution < 1.29 is 9.90 Å². The Bertz CT molecular complexity index is 1360. The molecule has 0 aliphatic carbocycles. The van der Waals surface area contributed by atoms with Crippen molar-refractivity contribution in [2.24, 2.45) is 0 Å². The molecule has 4 heterocycles. The predicted octanol–water partition coefficient (Wildman–Crippen LogP) is 1.69. The number of pyridine rings is 1. The molecule has 0 atom stereocenters. The number of anilines is 1. The van der Waals surface area contributed by atoms with Crippen LogP contribution >= 0.6 is 11.3 Å². The topological polar surface area (TPSA) is 112 Å². The van der Waals surface area contributed by atoms with Gasteiger partial charge in [0, 0.05) is 25.8 Å². The molecular weight excluding hydrogens is 428 g/mol. The Morgan fingerprint density at radius 3 is 2.81 bits per heavy atom. The summed E-state index contributed by atoms with van der Waals surface area (Å²) < 4.78 is 2.81. The van der Waals surface area contributed by atoms with Crippen molar-refractivity contribution in [3.63, 3.8) is 0 Å². The molecule has 4 aromatic rings. The molecule has 9 nitrogen and oxygen atoms in total. The lowest BCUT2D eigenvalue weighted by molar-refractivity contribution is 0.0950. The second-order valence-electron chi connectivity index (χ2n) is 7.80. The van der Waals surface area contributed by atoms with E-state index < -0.39 is 0 Å². The van der Waals surface area contributed by atoms with Crippen molar-refractivity contribution in [1.82, 2.24) is 24.6 Å². The van der Waals surface area contributed by atoms with E-state index in [0.717, 1.165) is 29.9 Å². The van der Waals surface area contributed by atoms with Crippen LogP contribution in [0.25, 0.3) is 26.1 Å². The van der Waals surface area contributed by atoms with Crippen molar-refractivity contribution in [1.29, 1.82) is 0 Å². The molecule has 1 aliphatic rings. The van der Waals surface area contributed by atoms with Crippen LogP contribution in [0.15, 0.2) is 35.3 Å². The molecule has 3 N–H and O–H groups in total. The zero-order valence-corrected chi connectivity index (χ0v) is 18.3. The van der Waals surface area contributed by atoms with Gasteiger partial charge in [-0.1, -0.05) is 12.1 Å². The van der Waals surface area contributed by atoms with Crippen LogP contribution in [0, 0.1) is 0 Å². The number of amides is 1. The first kappa shape index (κ1) is 20.8. The number of rotatable bonds is 7. The summed E-state index contributed by atoms with van der Waals surface area (Å²) >= 11 is 1.40. The van der Waals surface area contributed by atoms with E-state index in [1.165, 1.54) is 30.4 Å². The van der Waals surface area contributed by atoms with Gasteiger partial charge >= 0.3 is 0 Å². The average Bonchev–Trinajstić information content (AvgIpc) is 3.45. The maximum atomic E-state index is 13.4. The second kappa shape index (κ2) is 8.81. The molecule has 0 saturated carbocycles. The molecule has 3 aromatic heterocycles. The van der Waals surface area contributed by atoms with Crippen LogP contribution < -0.4 is 16.1 Å². The van der Waals surface area contributed by atoms with Gasteiger partial charge in [0.25, 0.3) is 5.91 Å². The standard InChI is InChI=1S/C22H24N6O3S/c29-12-8-24-22-25-13-14-18(30)17(20(31)23-7-11-27-9-3-4-10-27)21-28(19(14)26-22)15-5-1-2-6-16(15)32-21/h1-2,5-6,13,29H,3-4,7-12H2,(H,23,31)(H,24,25,26). The Kier molecular flexibility index (Phi) is 5.73. The van der Waals surface area contributed by atoms with E-state index in [9.17, 15) is 9.59 Å². The summed E-state index contributed by atoms with van der Waals surface area (Å²) in [6.07, 6.45) is 3.83. The minimum absolute atomic E-state index is 0.0608. The fraction of sp³-hybridized carbons (Fsp3) is 0.364. The number of thiazole rings is 1. The van der Waals surface area contributed by atoms with E-state index in [-0.39, 0.29) is 28.9 Å². The Morgan fingerprint density at radius 2 is 2.00 bits per heavy atom. The summed E-state index contributed by atoms with van der Waals surface area (Å²) in [5.41, 5.74) is 1.06. The number of nitrogens with one attached hydrogen (secondary N) is 2. The molecular formula is C22H24N6O3S. The number of benzene rings is 1. The van der Waals surface area contributed by atoms with Crippen molar-refractivity contribution in [3.8, 4) is 0 Å². The highest BCUT2D eigenvalue weighted by atomic mass is 32.1. The molecule has 5 rings (SSSR count). The largest absolute Gasteiger partial charge is 0.395 e. The highest BCUT2D eigenvalue weighted by Crippen LogP contribution is 2.30. The number of nitrogens with zero attached hydrogens (tertiary/aromatic N) is 4. The third-order valence-corrected chi connectivity index (χ3v) is 6.86. The van der Waals surface area contributed by atoms with Gasteiger partial charge in [-0.15, -0.1) is 11.3 Å². The minimum atomic E-state index is -0.376. The number of carbonyl (C=O) groups is 1. The van der Waals surface area contributed by atoms with E-state index in [4.69, 9.17) is 5.11 Å². The third kappa shape index (κ3) is 3.70. The quantitative estimate of drug-likeness (QED) is 0.391. The summed E-state index contributed by atoms with van der Waals surface area (Å²) in [5.74, 6) is -0.0551. The van der Waals surface area contributed by atoms with E-state index in [2.05, 4.69) is 25.5 Å². The van der Waals surface area contributed by atoms with Gasteiger partial charge in [0.05, 0.1) is 22.2 Å². The van der Waals surface area contributed by atoms with Crippen molar-refractivity contribution in [3.05, 3.63) is 46.2 Å². The van der Waals surface area contributed by atoms with Crippen LogP contribution in [0.2, 0.25) is 0 Å². The molecule has 10 heteroatoms. The fourth-order valence-corrected chi connectivity index (χ4v) is 5.35. The normalized spacial score (nSPS) is 14.5. The lowest BCUT2D eigenvalue weighted by atomic mass is 10.2. The third-order valence-electron chi connectivity index (χ3n) is 5.72. The molecule has 1 saturated heterocycles. The highest BCUT2D eigenvalue weighted by Gasteiger charge is 2.23. The van der Waals surface area contributed by atoms with E-state index in [0.29, 0.717) is 29.5 Å². The molecule has 1 amide bonds. The molecule has 1 aliphatic heterocycles. The van der Waals surface area contributed by atoms with Gasteiger partial charge < -0.3 is 20.6 Å². The molecule has 32 heavy (non-hydrogen) atoms. The van der Waals surface area contributed by atoms with Gasteiger partial charge in [0.1, 0.15) is 10.4 Å². The molecule has 0 spiro atoms. The van der Waals surface area contributed by atoms with E-state index in [1.807, 2.05) is 28.7 Å². The van der Waals surface area contributed by atoms with E-state index >= 15 is 0 Å². The number of aromatic nitrogens is 3. The lowest BCUT2D eigenvalue weighted by Crippen LogP contribution is -2.35. The van der Waals surface area contributed by atoms with Crippen molar-refractivity contribution in [2.75, 3.05) is 44.6 Å². The van der Waals surface area contributed by atoms with Crippen molar-refractivity contribution in [2.45, 2.75) is 12.8 Å². The summed E-state index contributed by atoms with van der Waals surface area (Å²) in [4.78, 5) is 38.2. The summed E-state index contributed by atoms with van der Waals surface area (Å²) in [6.45, 7) is 3.62. The van der Waals surface area contributed by atoms with Crippen LogP contribution in [0.5, 0.6) is 0 Å². The first-order chi connectivity index (χ1) is 15.7. The summed E-state index contributed by atoms with van der Waals surface area (Å²) in [6, 6.07) is 7.75. The zero-order chi connectivity index (χ0) is 22.1. The fourth-order valence-electron chi connectivity index (χ4n) is 4.17. The molecule has 166 valence electrons. The van der Waals surface area contributed by atoms with E-state index in [1.54, 1.807) is 0 Å². The Hall–Kier alpha value is -3.08. The minimum Gasteiger partial charge on any atom is -0.395 e. The SMILES string of the molecule is O=C(NCCN1CCCC1)c1c(=O)c2cnc(NCCO)nc2n2c1sc1ccccc12. The lowest BCUT2D eigenvalue weighted by Gasteiger charge is -2.15. The first-order valence-corrected chi connectivity index (χ1v) is 11.6. The monoisotopic (exact) mass is 452 g/mol. The number of aliphatic hydroxyl groups excluding tert-OH is 1. The van der Waals surface area contributed by atoms with Crippen LogP contribution in [0.4, 0.5) is 5.95 Å². The van der Waals surface area contributed by atoms with Gasteiger partial charge in [0.2, 0.25) is 11.4 Å².